The van der Waals surface area contributed by atoms with Gasteiger partial charge in [0.05, 0.1) is 22.5 Å². The van der Waals surface area contributed by atoms with Crippen molar-refractivity contribution in [1.82, 2.24) is 5.43 Å². The lowest BCUT2D eigenvalue weighted by molar-refractivity contribution is -0.136. The van der Waals surface area contributed by atoms with Gasteiger partial charge < -0.3 is 10.1 Å². The van der Waals surface area contributed by atoms with Crippen LogP contribution >= 0.6 is 39.1 Å². The molecule has 10 heteroatoms. The van der Waals surface area contributed by atoms with Crippen LogP contribution in [0.3, 0.4) is 0 Å². The number of hydrazone groups is 1. The highest BCUT2D eigenvalue weighted by Crippen LogP contribution is 2.25. The van der Waals surface area contributed by atoms with Gasteiger partial charge >= 0.3 is 17.8 Å². The molecule has 0 radical (unpaired) electrons. The van der Waals surface area contributed by atoms with E-state index >= 15 is 0 Å². The number of benzene rings is 3. The molecule has 32 heavy (non-hydrogen) atoms. The predicted octanol–water partition coefficient (Wildman–Crippen LogP) is 5.06. The highest BCUT2D eigenvalue weighted by Gasteiger charge is 2.15. The molecule has 0 saturated carbocycles. The number of ether oxygens (including phenoxy) is 1. The lowest BCUT2D eigenvalue weighted by Crippen LogP contribution is -2.32. The number of nitrogens with zero attached hydrogens (tertiary/aromatic N) is 1. The van der Waals surface area contributed by atoms with Crippen LogP contribution in [-0.2, 0) is 9.59 Å². The summed E-state index contributed by atoms with van der Waals surface area (Å²) >= 11 is 15.1. The zero-order valence-electron chi connectivity index (χ0n) is 16.1. The first kappa shape index (κ1) is 23.5. The molecule has 7 nitrogen and oxygen atoms in total. The van der Waals surface area contributed by atoms with Crippen LogP contribution in [0.15, 0.2) is 76.3 Å². The third-order valence-corrected chi connectivity index (χ3v) is 5.03. The Balaban J connectivity index is 1.52. The SMILES string of the molecule is O=C(NN=Cc1ccc(OC(=O)c2ccc(Br)cc2)cc1)C(=O)Nc1cc(Cl)ccc1Cl. The van der Waals surface area contributed by atoms with Crippen molar-refractivity contribution in [2.24, 2.45) is 5.10 Å². The van der Waals surface area contributed by atoms with E-state index in [2.05, 4.69) is 31.8 Å². The van der Waals surface area contributed by atoms with E-state index in [9.17, 15) is 14.4 Å². The number of nitrogens with one attached hydrogen (secondary N) is 2. The number of esters is 1. The van der Waals surface area contributed by atoms with E-state index in [0.717, 1.165) is 4.47 Å². The maximum absolute atomic E-state index is 12.1. The molecule has 0 fully saturated rings. The number of anilines is 1. The molecule has 162 valence electrons. The Morgan fingerprint density at radius 2 is 1.59 bits per heavy atom. The summed E-state index contributed by atoms with van der Waals surface area (Å²) in [6.45, 7) is 0. The van der Waals surface area contributed by atoms with Gasteiger partial charge in [-0.3, -0.25) is 9.59 Å². The molecule has 2 amide bonds. The summed E-state index contributed by atoms with van der Waals surface area (Å²) in [6, 6.07) is 17.7. The summed E-state index contributed by atoms with van der Waals surface area (Å²) in [5.41, 5.74) is 3.34. The lowest BCUT2D eigenvalue weighted by Gasteiger charge is -2.06. The fraction of sp³-hybridized carbons (Fsp3) is 0. The quantitative estimate of drug-likeness (QED) is 0.157. The third kappa shape index (κ3) is 6.65. The molecular weight excluding hydrogens is 521 g/mol. The van der Waals surface area contributed by atoms with E-state index in [1.807, 2.05) is 0 Å². The Labute approximate surface area is 201 Å². The summed E-state index contributed by atoms with van der Waals surface area (Å²) in [5, 5.41) is 6.68. The van der Waals surface area contributed by atoms with Crippen LogP contribution in [0, 0.1) is 0 Å². The fourth-order valence-corrected chi connectivity index (χ4v) is 2.96. The van der Waals surface area contributed by atoms with Gasteiger partial charge in [-0.05, 0) is 72.3 Å². The number of hydrogen-bond donors (Lipinski definition) is 2. The molecule has 3 rings (SSSR count). The molecule has 0 heterocycles. The first-order valence-corrected chi connectivity index (χ1v) is 10.5. The number of rotatable bonds is 5. The standard InChI is InChI=1S/C22H14BrCl2N3O4/c23-15-5-3-14(4-6-15)22(31)32-17-8-1-13(2-9-17)12-26-28-21(30)20(29)27-19-11-16(24)7-10-18(19)25/h1-12H,(H,27,29)(H,28,30). The molecule has 3 aromatic carbocycles. The van der Waals surface area contributed by atoms with Crippen molar-refractivity contribution in [3.63, 3.8) is 0 Å². The van der Waals surface area contributed by atoms with Crippen molar-refractivity contribution >= 4 is 68.8 Å². The van der Waals surface area contributed by atoms with Crippen LogP contribution < -0.4 is 15.5 Å². The van der Waals surface area contributed by atoms with Crippen LogP contribution in [0.2, 0.25) is 10.0 Å². The number of carbonyl (C=O) groups is 3. The van der Waals surface area contributed by atoms with E-state index in [1.165, 1.54) is 18.3 Å². The van der Waals surface area contributed by atoms with Crippen molar-refractivity contribution in [1.29, 1.82) is 0 Å². The number of hydrogen-bond acceptors (Lipinski definition) is 5. The molecule has 0 bridgehead atoms. The number of amides is 2. The van der Waals surface area contributed by atoms with Gasteiger partial charge in [0, 0.05) is 9.50 Å². The van der Waals surface area contributed by atoms with Crippen molar-refractivity contribution in [3.8, 4) is 5.75 Å². The third-order valence-electron chi connectivity index (χ3n) is 3.93. The molecule has 3 aromatic rings. The summed E-state index contributed by atoms with van der Waals surface area (Å²) < 4.78 is 6.16. The summed E-state index contributed by atoms with van der Waals surface area (Å²) in [7, 11) is 0. The predicted molar refractivity (Wildman–Crippen MR) is 126 cm³/mol. The topological polar surface area (TPSA) is 96.9 Å². The molecule has 0 aromatic heterocycles. The molecule has 0 unspecified atom stereocenters. The Hall–Kier alpha value is -3.20. The molecule has 0 aliphatic rings. The zero-order chi connectivity index (χ0) is 23.1. The largest absolute Gasteiger partial charge is 0.423 e. The summed E-state index contributed by atoms with van der Waals surface area (Å²) in [4.78, 5) is 36.0. The van der Waals surface area contributed by atoms with Crippen molar-refractivity contribution in [3.05, 3.63) is 92.4 Å². The van der Waals surface area contributed by atoms with Gasteiger partial charge in [-0.1, -0.05) is 39.1 Å². The second-order valence-corrected chi connectivity index (χ2v) is 8.00. The molecule has 2 N–H and O–H groups in total. The van der Waals surface area contributed by atoms with Gasteiger partial charge in [-0.15, -0.1) is 0 Å². The first-order valence-electron chi connectivity index (χ1n) is 8.99. The average Bonchev–Trinajstić information content (AvgIpc) is 2.77. The van der Waals surface area contributed by atoms with Crippen LogP contribution in [-0.4, -0.2) is 24.0 Å². The van der Waals surface area contributed by atoms with E-state index in [0.29, 0.717) is 21.9 Å². The average molecular weight is 535 g/mol. The molecule has 0 saturated heterocycles. The molecule has 0 aliphatic carbocycles. The van der Waals surface area contributed by atoms with E-state index in [1.54, 1.807) is 54.6 Å². The minimum Gasteiger partial charge on any atom is -0.423 e. The summed E-state index contributed by atoms with van der Waals surface area (Å²) in [5.74, 6) is -2.09. The van der Waals surface area contributed by atoms with Gasteiger partial charge in [-0.2, -0.15) is 5.10 Å². The van der Waals surface area contributed by atoms with Gasteiger partial charge in [0.15, 0.2) is 0 Å². The highest BCUT2D eigenvalue weighted by molar-refractivity contribution is 9.10. The van der Waals surface area contributed by atoms with E-state index in [4.69, 9.17) is 27.9 Å². The normalized spacial score (nSPS) is 10.6. The van der Waals surface area contributed by atoms with Crippen LogP contribution in [0.4, 0.5) is 5.69 Å². The Bertz CT molecular complexity index is 1180. The monoisotopic (exact) mass is 533 g/mol. The molecule has 0 aliphatic heterocycles. The van der Waals surface area contributed by atoms with Crippen molar-refractivity contribution in [2.45, 2.75) is 0 Å². The molecule has 0 atom stereocenters. The number of halogens is 3. The maximum Gasteiger partial charge on any atom is 0.343 e. The minimum absolute atomic E-state index is 0.205. The first-order chi connectivity index (χ1) is 15.3. The number of carbonyl (C=O) groups excluding carboxylic acids is 3. The molecule has 0 spiro atoms. The van der Waals surface area contributed by atoms with Gasteiger partial charge in [0.25, 0.3) is 0 Å². The zero-order valence-corrected chi connectivity index (χ0v) is 19.2. The maximum atomic E-state index is 12.1. The molecular formula is C22H14BrCl2N3O4. The van der Waals surface area contributed by atoms with Gasteiger partial charge in [0.2, 0.25) is 0 Å². The van der Waals surface area contributed by atoms with Crippen molar-refractivity contribution in [2.75, 3.05) is 5.32 Å². The fourth-order valence-electron chi connectivity index (χ4n) is 2.36. The Kier molecular flexibility index (Phi) is 7.99. The van der Waals surface area contributed by atoms with Gasteiger partial charge in [0.1, 0.15) is 5.75 Å². The minimum atomic E-state index is -0.989. The Morgan fingerprint density at radius 3 is 2.28 bits per heavy atom. The van der Waals surface area contributed by atoms with Crippen LogP contribution in [0.25, 0.3) is 0 Å². The highest BCUT2D eigenvalue weighted by atomic mass is 79.9. The van der Waals surface area contributed by atoms with Crippen molar-refractivity contribution < 1.29 is 19.1 Å². The second-order valence-electron chi connectivity index (χ2n) is 6.24. The smallest absolute Gasteiger partial charge is 0.343 e. The van der Waals surface area contributed by atoms with Gasteiger partial charge in [-0.25, -0.2) is 10.2 Å². The van der Waals surface area contributed by atoms with Crippen LogP contribution in [0.1, 0.15) is 15.9 Å². The second kappa shape index (κ2) is 10.9. The van der Waals surface area contributed by atoms with E-state index in [-0.39, 0.29) is 10.7 Å². The Morgan fingerprint density at radius 1 is 0.906 bits per heavy atom. The van der Waals surface area contributed by atoms with E-state index < -0.39 is 17.8 Å². The summed E-state index contributed by atoms with van der Waals surface area (Å²) in [6.07, 6.45) is 1.33. The lowest BCUT2D eigenvalue weighted by atomic mass is 10.2. The van der Waals surface area contributed by atoms with Crippen LogP contribution in [0.5, 0.6) is 5.75 Å².